The van der Waals surface area contributed by atoms with Crippen molar-refractivity contribution in [1.82, 2.24) is 5.32 Å². The lowest BCUT2D eigenvalue weighted by Crippen LogP contribution is -2.30. The number of hydrogen-bond acceptors (Lipinski definition) is 2. The van der Waals surface area contributed by atoms with E-state index in [1.807, 2.05) is 7.05 Å². The number of aryl methyl sites for hydroxylation is 1. The van der Waals surface area contributed by atoms with E-state index in [0.29, 0.717) is 6.04 Å². The molecule has 1 atom stereocenters. The van der Waals surface area contributed by atoms with Crippen molar-refractivity contribution in [2.75, 3.05) is 20.8 Å². The molecule has 0 saturated carbocycles. The average Bonchev–Trinajstić information content (AvgIpc) is 2.26. The SMILES string of the molecule is CNC(CCc1ccc(I)cc1)COC. The van der Waals surface area contributed by atoms with Crippen LogP contribution in [0.4, 0.5) is 0 Å². The van der Waals surface area contributed by atoms with E-state index in [2.05, 4.69) is 52.2 Å². The molecule has 1 aromatic carbocycles. The lowest BCUT2D eigenvalue weighted by molar-refractivity contribution is 0.166. The standard InChI is InChI=1S/C12H18INO/c1-14-12(9-15-2)8-5-10-3-6-11(13)7-4-10/h3-4,6-7,12,14H,5,8-9H2,1-2H3. The van der Waals surface area contributed by atoms with Gasteiger partial charge in [0.1, 0.15) is 0 Å². The van der Waals surface area contributed by atoms with Gasteiger partial charge in [0.2, 0.25) is 0 Å². The molecule has 3 heteroatoms. The van der Waals surface area contributed by atoms with Gasteiger partial charge in [-0.25, -0.2) is 0 Å². The van der Waals surface area contributed by atoms with Crippen LogP contribution in [0.5, 0.6) is 0 Å². The maximum absolute atomic E-state index is 5.14. The van der Waals surface area contributed by atoms with E-state index in [1.165, 1.54) is 9.13 Å². The van der Waals surface area contributed by atoms with E-state index < -0.39 is 0 Å². The molecule has 0 bridgehead atoms. The van der Waals surface area contributed by atoms with Crippen LogP contribution in [0.1, 0.15) is 12.0 Å². The van der Waals surface area contributed by atoms with Gasteiger partial charge in [-0.15, -0.1) is 0 Å². The van der Waals surface area contributed by atoms with Crippen molar-refractivity contribution >= 4 is 22.6 Å². The minimum atomic E-state index is 0.453. The first kappa shape index (κ1) is 12.9. The molecule has 0 heterocycles. The number of rotatable bonds is 6. The van der Waals surface area contributed by atoms with Crippen LogP contribution in [0, 0.1) is 3.57 Å². The first-order chi connectivity index (χ1) is 7.26. The van der Waals surface area contributed by atoms with Crippen molar-refractivity contribution in [2.24, 2.45) is 0 Å². The summed E-state index contributed by atoms with van der Waals surface area (Å²) in [5.74, 6) is 0. The lowest BCUT2D eigenvalue weighted by Gasteiger charge is -2.14. The van der Waals surface area contributed by atoms with Gasteiger partial charge in [-0.05, 0) is 60.2 Å². The van der Waals surface area contributed by atoms with Crippen molar-refractivity contribution < 1.29 is 4.74 Å². The zero-order chi connectivity index (χ0) is 11.1. The molecule has 0 aromatic heterocycles. The van der Waals surface area contributed by atoms with Crippen molar-refractivity contribution in [1.29, 1.82) is 0 Å². The second-order valence-corrected chi connectivity index (χ2v) is 4.85. The summed E-state index contributed by atoms with van der Waals surface area (Å²) in [7, 11) is 3.73. The molecule has 0 radical (unpaired) electrons. The number of likely N-dealkylation sites (N-methyl/N-ethyl adjacent to an activating group) is 1. The molecule has 2 nitrogen and oxygen atoms in total. The van der Waals surface area contributed by atoms with Crippen molar-refractivity contribution in [3.05, 3.63) is 33.4 Å². The summed E-state index contributed by atoms with van der Waals surface area (Å²) >= 11 is 2.33. The molecule has 0 aliphatic carbocycles. The normalized spacial score (nSPS) is 12.7. The van der Waals surface area contributed by atoms with Crippen LogP contribution < -0.4 is 5.32 Å². The molecule has 1 unspecified atom stereocenters. The molecule has 1 rings (SSSR count). The van der Waals surface area contributed by atoms with Crippen molar-refractivity contribution in [3.8, 4) is 0 Å². The van der Waals surface area contributed by atoms with Gasteiger partial charge in [-0.1, -0.05) is 12.1 Å². The van der Waals surface area contributed by atoms with Crippen molar-refractivity contribution in [3.63, 3.8) is 0 Å². The number of hydrogen-bond donors (Lipinski definition) is 1. The molecule has 0 fully saturated rings. The van der Waals surface area contributed by atoms with Gasteiger partial charge >= 0.3 is 0 Å². The van der Waals surface area contributed by atoms with Gasteiger partial charge in [0.15, 0.2) is 0 Å². The highest BCUT2D eigenvalue weighted by molar-refractivity contribution is 14.1. The van der Waals surface area contributed by atoms with Crippen molar-refractivity contribution in [2.45, 2.75) is 18.9 Å². The Hall–Kier alpha value is -0.130. The molecule has 1 N–H and O–H groups in total. The summed E-state index contributed by atoms with van der Waals surface area (Å²) in [5.41, 5.74) is 1.40. The van der Waals surface area contributed by atoms with Gasteiger partial charge in [0, 0.05) is 16.7 Å². The fourth-order valence-electron chi connectivity index (χ4n) is 1.50. The molecule has 0 spiro atoms. The Morgan fingerprint density at radius 3 is 2.53 bits per heavy atom. The maximum atomic E-state index is 5.14. The molecule has 0 amide bonds. The Bertz CT molecular complexity index is 273. The van der Waals surface area contributed by atoms with Crippen LogP contribution >= 0.6 is 22.6 Å². The number of methoxy groups -OCH3 is 1. The van der Waals surface area contributed by atoms with Gasteiger partial charge in [0.25, 0.3) is 0 Å². The molecule has 15 heavy (non-hydrogen) atoms. The zero-order valence-electron chi connectivity index (χ0n) is 9.29. The second kappa shape index (κ2) is 7.19. The van der Waals surface area contributed by atoms with Crippen LogP contribution in [-0.4, -0.2) is 26.8 Å². The average molecular weight is 319 g/mol. The minimum Gasteiger partial charge on any atom is -0.383 e. The summed E-state index contributed by atoms with van der Waals surface area (Å²) in [6.45, 7) is 0.779. The highest BCUT2D eigenvalue weighted by Crippen LogP contribution is 2.09. The van der Waals surface area contributed by atoms with Gasteiger partial charge in [0.05, 0.1) is 6.61 Å². The first-order valence-electron chi connectivity index (χ1n) is 5.17. The number of nitrogens with one attached hydrogen (secondary N) is 1. The number of benzene rings is 1. The molecule has 0 saturated heterocycles. The Labute approximate surface area is 106 Å². The van der Waals surface area contributed by atoms with Gasteiger partial charge in [-0.3, -0.25) is 0 Å². The topological polar surface area (TPSA) is 21.3 Å². The summed E-state index contributed by atoms with van der Waals surface area (Å²) in [5, 5.41) is 3.26. The predicted molar refractivity (Wildman–Crippen MR) is 72.2 cm³/mol. The minimum absolute atomic E-state index is 0.453. The van der Waals surface area contributed by atoms with Crippen LogP contribution in [-0.2, 0) is 11.2 Å². The Balaban J connectivity index is 2.38. The van der Waals surface area contributed by atoms with E-state index in [4.69, 9.17) is 4.74 Å². The molecule has 0 aliphatic heterocycles. The van der Waals surface area contributed by atoms with Crippen LogP contribution in [0.15, 0.2) is 24.3 Å². The van der Waals surface area contributed by atoms with Gasteiger partial charge < -0.3 is 10.1 Å². The van der Waals surface area contributed by atoms with E-state index in [0.717, 1.165) is 19.4 Å². The Kier molecular flexibility index (Phi) is 6.20. The first-order valence-corrected chi connectivity index (χ1v) is 6.24. The molecule has 84 valence electrons. The van der Waals surface area contributed by atoms with E-state index in [1.54, 1.807) is 7.11 Å². The summed E-state index contributed by atoms with van der Waals surface area (Å²) < 4.78 is 6.43. The third-order valence-corrected chi connectivity index (χ3v) is 3.19. The lowest BCUT2D eigenvalue weighted by atomic mass is 10.1. The molecular weight excluding hydrogens is 301 g/mol. The van der Waals surface area contributed by atoms with E-state index in [9.17, 15) is 0 Å². The second-order valence-electron chi connectivity index (χ2n) is 3.61. The smallest absolute Gasteiger partial charge is 0.0615 e. The highest BCUT2D eigenvalue weighted by Gasteiger charge is 2.05. The van der Waals surface area contributed by atoms with E-state index >= 15 is 0 Å². The van der Waals surface area contributed by atoms with Crippen LogP contribution in [0.3, 0.4) is 0 Å². The Morgan fingerprint density at radius 1 is 1.33 bits per heavy atom. The monoisotopic (exact) mass is 319 g/mol. The largest absolute Gasteiger partial charge is 0.383 e. The predicted octanol–water partition coefficient (Wildman–Crippen LogP) is 2.46. The molecule has 0 aliphatic rings. The highest BCUT2D eigenvalue weighted by atomic mass is 127. The third-order valence-electron chi connectivity index (χ3n) is 2.47. The number of halogens is 1. The molecular formula is C12H18INO. The van der Waals surface area contributed by atoms with Crippen LogP contribution in [0.25, 0.3) is 0 Å². The van der Waals surface area contributed by atoms with Gasteiger partial charge in [-0.2, -0.15) is 0 Å². The van der Waals surface area contributed by atoms with E-state index in [-0.39, 0.29) is 0 Å². The summed E-state index contributed by atoms with van der Waals surface area (Å²) in [6.07, 6.45) is 2.22. The quantitative estimate of drug-likeness (QED) is 0.814. The number of ether oxygens (including phenoxy) is 1. The maximum Gasteiger partial charge on any atom is 0.0615 e. The fraction of sp³-hybridized carbons (Fsp3) is 0.500. The summed E-state index contributed by atoms with van der Waals surface area (Å²) in [6, 6.07) is 9.15. The zero-order valence-corrected chi connectivity index (χ0v) is 11.5. The van der Waals surface area contributed by atoms with Crippen LogP contribution in [0.2, 0.25) is 0 Å². The molecule has 1 aromatic rings. The Morgan fingerprint density at radius 2 is 2.00 bits per heavy atom. The summed E-state index contributed by atoms with van der Waals surface area (Å²) in [4.78, 5) is 0. The third kappa shape index (κ3) is 4.95. The fourth-order valence-corrected chi connectivity index (χ4v) is 1.86.